The summed E-state index contributed by atoms with van der Waals surface area (Å²) in [6.45, 7) is 0. The summed E-state index contributed by atoms with van der Waals surface area (Å²) in [6, 6.07) is 10.5. The molecule has 0 spiro atoms. The van der Waals surface area contributed by atoms with Crippen LogP contribution in [0.1, 0.15) is 0 Å². The number of anilines is 1. The summed E-state index contributed by atoms with van der Waals surface area (Å²) in [5.74, 6) is -0.198. The molecule has 0 aliphatic rings. The molecular formula is C12H14N6O. The third-order valence-electron chi connectivity index (χ3n) is 2.45. The van der Waals surface area contributed by atoms with Gasteiger partial charge in [-0.1, -0.05) is 18.2 Å². The highest BCUT2D eigenvalue weighted by Crippen LogP contribution is 2.26. The van der Waals surface area contributed by atoms with E-state index in [1.54, 1.807) is 24.3 Å². The minimum atomic E-state index is -0.290. The van der Waals surface area contributed by atoms with Crippen molar-refractivity contribution in [3.8, 4) is 5.75 Å². The minimum absolute atomic E-state index is 0.0638. The Morgan fingerprint density at radius 3 is 2.63 bits per heavy atom. The van der Waals surface area contributed by atoms with Crippen molar-refractivity contribution >= 4 is 28.4 Å². The van der Waals surface area contributed by atoms with Gasteiger partial charge >= 0.3 is 0 Å². The van der Waals surface area contributed by atoms with Crippen molar-refractivity contribution in [3.63, 3.8) is 0 Å². The number of nitrogens with two attached hydrogens (primary N) is 1. The molecule has 0 heterocycles. The lowest BCUT2D eigenvalue weighted by Gasteiger charge is -2.13. The van der Waals surface area contributed by atoms with E-state index in [9.17, 15) is 5.11 Å². The van der Waals surface area contributed by atoms with Gasteiger partial charge in [0, 0.05) is 11.1 Å². The van der Waals surface area contributed by atoms with Crippen LogP contribution in [-0.2, 0) is 0 Å². The monoisotopic (exact) mass is 258 g/mol. The predicted molar refractivity (Wildman–Crippen MR) is 75.1 cm³/mol. The van der Waals surface area contributed by atoms with Gasteiger partial charge in [0.15, 0.2) is 0 Å². The molecule has 0 fully saturated rings. The number of nitrogens with one attached hydrogen (secondary N) is 5. The van der Waals surface area contributed by atoms with Crippen LogP contribution in [0.4, 0.5) is 5.69 Å². The Balaban J connectivity index is 2.22. The summed E-state index contributed by atoms with van der Waals surface area (Å²) < 4.78 is 0. The first kappa shape index (κ1) is 12.5. The Hall–Kier alpha value is -2.96. The Morgan fingerprint density at radius 2 is 1.89 bits per heavy atom. The largest absolute Gasteiger partial charge is 0.508 e. The van der Waals surface area contributed by atoms with Gasteiger partial charge in [-0.3, -0.25) is 21.7 Å². The summed E-state index contributed by atoms with van der Waals surface area (Å²) >= 11 is 0. The van der Waals surface area contributed by atoms with E-state index < -0.39 is 0 Å². The van der Waals surface area contributed by atoms with Crippen LogP contribution in [0.2, 0.25) is 0 Å². The van der Waals surface area contributed by atoms with Gasteiger partial charge in [-0.25, -0.2) is 0 Å². The number of phenols is 1. The molecule has 7 heteroatoms. The van der Waals surface area contributed by atoms with Crippen molar-refractivity contribution in [2.45, 2.75) is 0 Å². The third-order valence-corrected chi connectivity index (χ3v) is 2.45. The number of phenolic OH excluding ortho intramolecular Hbond substituents is 1. The van der Waals surface area contributed by atoms with Crippen molar-refractivity contribution in [2.75, 3.05) is 5.32 Å². The van der Waals surface area contributed by atoms with E-state index in [2.05, 4.69) is 16.2 Å². The Kier molecular flexibility index (Phi) is 3.37. The third kappa shape index (κ3) is 3.03. The molecule has 2 rings (SSSR count). The van der Waals surface area contributed by atoms with Crippen LogP contribution >= 0.6 is 0 Å². The molecule has 0 saturated heterocycles. The lowest BCUT2D eigenvalue weighted by molar-refractivity contribution is 0.476. The minimum Gasteiger partial charge on any atom is -0.508 e. The summed E-state index contributed by atoms with van der Waals surface area (Å²) in [6.07, 6.45) is 0. The summed E-state index contributed by atoms with van der Waals surface area (Å²) in [4.78, 5) is 0. The van der Waals surface area contributed by atoms with Gasteiger partial charge in [0.2, 0.25) is 11.9 Å². The smallest absolute Gasteiger partial charge is 0.212 e. The highest BCUT2D eigenvalue weighted by atomic mass is 16.3. The predicted octanol–water partition coefficient (Wildman–Crippen LogP) is 0.880. The molecule has 19 heavy (non-hydrogen) atoms. The maximum atomic E-state index is 9.51. The zero-order valence-electron chi connectivity index (χ0n) is 9.99. The van der Waals surface area contributed by atoms with Crippen LogP contribution in [0.25, 0.3) is 10.8 Å². The number of guanidine groups is 2. The van der Waals surface area contributed by atoms with Crippen molar-refractivity contribution < 1.29 is 5.11 Å². The number of hydrogen-bond donors (Lipinski definition) is 7. The van der Waals surface area contributed by atoms with Gasteiger partial charge < -0.3 is 16.2 Å². The van der Waals surface area contributed by atoms with Crippen molar-refractivity contribution in [1.82, 2.24) is 10.9 Å². The second-order valence-electron chi connectivity index (χ2n) is 3.87. The maximum Gasteiger partial charge on any atom is 0.212 e. The van der Waals surface area contributed by atoms with Gasteiger partial charge in [-0.05, 0) is 23.6 Å². The second-order valence-corrected chi connectivity index (χ2v) is 3.87. The number of hydrogen-bond acceptors (Lipinski definition) is 3. The molecule has 8 N–H and O–H groups in total. The number of rotatable bonds is 1. The SMILES string of the molecule is N=C(N)NNC(=N)Nc1cccc2ccc(O)cc12. The molecule has 7 nitrogen and oxygen atoms in total. The van der Waals surface area contributed by atoms with E-state index in [-0.39, 0.29) is 17.7 Å². The Labute approximate surface area is 109 Å². The normalized spacial score (nSPS) is 9.89. The van der Waals surface area contributed by atoms with Gasteiger partial charge in [0.05, 0.1) is 0 Å². The average Bonchev–Trinajstić information content (AvgIpc) is 2.37. The number of hydrazine groups is 1. The molecular weight excluding hydrogens is 244 g/mol. The molecule has 0 radical (unpaired) electrons. The van der Waals surface area contributed by atoms with Crippen molar-refractivity contribution in [2.24, 2.45) is 5.73 Å². The fourth-order valence-corrected chi connectivity index (χ4v) is 1.67. The molecule has 0 aliphatic heterocycles. The topological polar surface area (TPSA) is 130 Å². The zero-order chi connectivity index (χ0) is 13.8. The molecule has 0 aromatic heterocycles. The van der Waals surface area contributed by atoms with E-state index in [1.807, 2.05) is 12.1 Å². The fourth-order valence-electron chi connectivity index (χ4n) is 1.67. The van der Waals surface area contributed by atoms with E-state index in [0.29, 0.717) is 5.69 Å². The maximum absolute atomic E-state index is 9.51. The molecule has 0 aliphatic carbocycles. The molecule has 98 valence electrons. The van der Waals surface area contributed by atoms with E-state index >= 15 is 0 Å². The van der Waals surface area contributed by atoms with E-state index in [4.69, 9.17) is 16.6 Å². The number of aromatic hydroxyl groups is 1. The summed E-state index contributed by atoms with van der Waals surface area (Å²) in [5, 5.41) is 28.7. The lowest BCUT2D eigenvalue weighted by atomic mass is 10.1. The Bertz CT molecular complexity index is 639. The van der Waals surface area contributed by atoms with Crippen LogP contribution in [0.15, 0.2) is 36.4 Å². The van der Waals surface area contributed by atoms with Crippen LogP contribution in [0, 0.1) is 10.8 Å². The van der Waals surface area contributed by atoms with Gasteiger partial charge in [0.1, 0.15) is 5.75 Å². The fraction of sp³-hybridized carbons (Fsp3) is 0. The zero-order valence-corrected chi connectivity index (χ0v) is 9.99. The van der Waals surface area contributed by atoms with Crippen LogP contribution < -0.4 is 21.9 Å². The highest BCUT2D eigenvalue weighted by Gasteiger charge is 2.03. The van der Waals surface area contributed by atoms with Crippen LogP contribution in [0.3, 0.4) is 0 Å². The Morgan fingerprint density at radius 1 is 1.11 bits per heavy atom. The molecule has 0 unspecified atom stereocenters. The first-order chi connectivity index (χ1) is 9.06. The molecule has 2 aromatic rings. The first-order valence-electron chi connectivity index (χ1n) is 5.49. The quantitative estimate of drug-likeness (QED) is 0.232. The standard InChI is InChI=1S/C12H14N6O/c13-11(14)17-18-12(15)16-10-3-1-2-7-4-5-8(19)6-9(7)10/h1-6,19H,(H4,13,14,17)(H3,15,16,18). The molecule has 2 aromatic carbocycles. The molecule has 0 amide bonds. The molecule has 0 atom stereocenters. The first-order valence-corrected chi connectivity index (χ1v) is 5.49. The number of fused-ring (bicyclic) bond motifs is 1. The molecule has 0 saturated carbocycles. The average molecular weight is 258 g/mol. The van der Waals surface area contributed by atoms with Gasteiger partial charge in [-0.15, -0.1) is 0 Å². The van der Waals surface area contributed by atoms with Crippen LogP contribution in [-0.4, -0.2) is 17.0 Å². The lowest BCUT2D eigenvalue weighted by Crippen LogP contribution is -2.47. The van der Waals surface area contributed by atoms with E-state index in [0.717, 1.165) is 10.8 Å². The van der Waals surface area contributed by atoms with E-state index in [1.165, 1.54) is 0 Å². The highest BCUT2D eigenvalue weighted by molar-refractivity contribution is 6.03. The second kappa shape index (κ2) is 5.13. The number of benzene rings is 2. The van der Waals surface area contributed by atoms with Gasteiger partial charge in [0.25, 0.3) is 0 Å². The van der Waals surface area contributed by atoms with Gasteiger partial charge in [-0.2, -0.15) is 0 Å². The van der Waals surface area contributed by atoms with Crippen molar-refractivity contribution in [3.05, 3.63) is 36.4 Å². The molecule has 0 bridgehead atoms. The summed E-state index contributed by atoms with van der Waals surface area (Å²) in [5.41, 5.74) is 10.5. The van der Waals surface area contributed by atoms with Crippen molar-refractivity contribution in [1.29, 1.82) is 10.8 Å². The summed E-state index contributed by atoms with van der Waals surface area (Å²) in [7, 11) is 0. The van der Waals surface area contributed by atoms with Crippen LogP contribution in [0.5, 0.6) is 5.75 Å².